The van der Waals surface area contributed by atoms with Gasteiger partial charge in [-0.25, -0.2) is 9.37 Å². The smallest absolute Gasteiger partial charge is 0.169 e. The van der Waals surface area contributed by atoms with E-state index < -0.39 is 0 Å². The second kappa shape index (κ2) is 5.54. The van der Waals surface area contributed by atoms with Crippen molar-refractivity contribution in [2.75, 3.05) is 18.9 Å². The molecule has 0 saturated carbocycles. The Morgan fingerprint density at radius 1 is 1.50 bits per heavy atom. The number of hydrogen-bond donors (Lipinski definition) is 2. The number of anilines is 1. The van der Waals surface area contributed by atoms with Crippen molar-refractivity contribution in [2.45, 2.75) is 19.9 Å². The van der Waals surface area contributed by atoms with Gasteiger partial charge < -0.3 is 10.6 Å². The fraction of sp³-hybridized carbons (Fsp3) is 0.500. The van der Waals surface area contributed by atoms with Crippen LogP contribution in [0.25, 0.3) is 0 Å². The minimum atomic E-state index is -0.254. The van der Waals surface area contributed by atoms with Gasteiger partial charge in [0.15, 0.2) is 11.6 Å². The molecule has 1 aromatic rings. The van der Waals surface area contributed by atoms with E-state index in [0.29, 0.717) is 17.9 Å². The summed E-state index contributed by atoms with van der Waals surface area (Å²) in [6, 6.07) is 1.68. The Morgan fingerprint density at radius 2 is 2.29 bits per heavy atom. The molecule has 2 N–H and O–H groups in total. The topological polar surface area (TPSA) is 37.0 Å². The lowest BCUT2D eigenvalue weighted by Crippen LogP contribution is -2.10. The molecule has 3 nitrogen and oxygen atoms in total. The lowest BCUT2D eigenvalue weighted by Gasteiger charge is -2.08. The van der Waals surface area contributed by atoms with Crippen LogP contribution in [-0.2, 0) is 6.54 Å². The summed E-state index contributed by atoms with van der Waals surface area (Å²) >= 11 is 0. The van der Waals surface area contributed by atoms with Gasteiger partial charge >= 0.3 is 0 Å². The fourth-order valence-electron chi connectivity index (χ4n) is 1.18. The van der Waals surface area contributed by atoms with Gasteiger partial charge in [-0.3, -0.25) is 0 Å². The van der Waals surface area contributed by atoms with Crippen molar-refractivity contribution in [3.63, 3.8) is 0 Å². The minimum Gasteiger partial charge on any atom is -0.368 e. The maximum absolute atomic E-state index is 13.6. The predicted molar refractivity (Wildman–Crippen MR) is 55.7 cm³/mol. The molecule has 0 saturated heterocycles. The minimum absolute atomic E-state index is 0.254. The summed E-state index contributed by atoms with van der Waals surface area (Å²) in [5.74, 6) is 0.0925. The molecule has 1 aromatic heterocycles. The van der Waals surface area contributed by atoms with Crippen LogP contribution in [0.15, 0.2) is 12.3 Å². The quantitative estimate of drug-likeness (QED) is 0.755. The molecule has 1 heterocycles. The van der Waals surface area contributed by atoms with Crippen LogP contribution in [0.2, 0.25) is 0 Å². The van der Waals surface area contributed by atoms with Gasteiger partial charge in [-0.05, 0) is 19.5 Å². The highest BCUT2D eigenvalue weighted by molar-refractivity contribution is 5.39. The van der Waals surface area contributed by atoms with Crippen LogP contribution < -0.4 is 10.6 Å². The Balaban J connectivity index is 2.78. The number of pyridine rings is 1. The number of aromatic nitrogens is 1. The van der Waals surface area contributed by atoms with Gasteiger partial charge in [0, 0.05) is 24.8 Å². The van der Waals surface area contributed by atoms with E-state index in [4.69, 9.17) is 0 Å². The first kappa shape index (κ1) is 10.9. The van der Waals surface area contributed by atoms with E-state index in [9.17, 15) is 4.39 Å². The third-order valence-corrected chi connectivity index (χ3v) is 1.88. The van der Waals surface area contributed by atoms with Crippen molar-refractivity contribution < 1.29 is 4.39 Å². The van der Waals surface area contributed by atoms with Crippen LogP contribution in [0, 0.1) is 5.82 Å². The standard InChI is InChI=1S/C10H16FN3/c1-3-5-13-10-9(11)8(7-12-2)4-6-14-10/h4,6,12H,3,5,7H2,1-2H3,(H,13,14). The average Bonchev–Trinajstić information content (AvgIpc) is 2.20. The van der Waals surface area contributed by atoms with Crippen molar-refractivity contribution in [3.8, 4) is 0 Å². The molecule has 0 aliphatic rings. The molecular weight excluding hydrogens is 181 g/mol. The van der Waals surface area contributed by atoms with E-state index in [-0.39, 0.29) is 5.82 Å². The van der Waals surface area contributed by atoms with Gasteiger partial charge in [-0.2, -0.15) is 0 Å². The first-order valence-corrected chi connectivity index (χ1v) is 4.81. The highest BCUT2D eigenvalue weighted by atomic mass is 19.1. The summed E-state index contributed by atoms with van der Waals surface area (Å²) in [7, 11) is 1.79. The van der Waals surface area contributed by atoms with Gasteiger partial charge in [0.25, 0.3) is 0 Å². The van der Waals surface area contributed by atoms with E-state index in [2.05, 4.69) is 15.6 Å². The van der Waals surface area contributed by atoms with E-state index in [1.54, 1.807) is 19.3 Å². The van der Waals surface area contributed by atoms with Crippen LogP contribution >= 0.6 is 0 Å². The van der Waals surface area contributed by atoms with Gasteiger partial charge in [-0.15, -0.1) is 0 Å². The van der Waals surface area contributed by atoms with E-state index in [1.165, 1.54) is 0 Å². The number of hydrogen-bond acceptors (Lipinski definition) is 3. The molecule has 4 heteroatoms. The van der Waals surface area contributed by atoms with Gasteiger partial charge in [0.05, 0.1) is 0 Å². The monoisotopic (exact) mass is 197 g/mol. The van der Waals surface area contributed by atoms with Crippen molar-refractivity contribution in [2.24, 2.45) is 0 Å². The molecule has 78 valence electrons. The van der Waals surface area contributed by atoms with Gasteiger partial charge in [0.1, 0.15) is 0 Å². The number of nitrogens with zero attached hydrogens (tertiary/aromatic N) is 1. The van der Waals surface area contributed by atoms with Crippen molar-refractivity contribution in [1.29, 1.82) is 0 Å². The molecule has 14 heavy (non-hydrogen) atoms. The summed E-state index contributed by atoms with van der Waals surface area (Å²) in [6.07, 6.45) is 2.57. The second-order valence-electron chi connectivity index (χ2n) is 3.09. The maximum Gasteiger partial charge on any atom is 0.169 e. The normalized spacial score (nSPS) is 10.2. The lowest BCUT2D eigenvalue weighted by molar-refractivity contribution is 0.597. The zero-order valence-corrected chi connectivity index (χ0v) is 8.60. The van der Waals surface area contributed by atoms with Crippen molar-refractivity contribution in [3.05, 3.63) is 23.6 Å². The summed E-state index contributed by atoms with van der Waals surface area (Å²) in [5, 5.41) is 5.86. The Hall–Kier alpha value is -1.16. The van der Waals surface area contributed by atoms with E-state index in [0.717, 1.165) is 13.0 Å². The van der Waals surface area contributed by atoms with Crippen molar-refractivity contribution in [1.82, 2.24) is 10.3 Å². The summed E-state index contributed by atoms with van der Waals surface area (Å²) in [6.45, 7) is 3.30. The van der Waals surface area contributed by atoms with Crippen molar-refractivity contribution >= 4 is 5.82 Å². The molecule has 0 spiro atoms. The molecule has 0 aliphatic heterocycles. The Kier molecular flexibility index (Phi) is 4.32. The summed E-state index contributed by atoms with van der Waals surface area (Å²) in [5.41, 5.74) is 0.640. The lowest BCUT2D eigenvalue weighted by atomic mass is 10.2. The highest BCUT2D eigenvalue weighted by Gasteiger charge is 2.07. The van der Waals surface area contributed by atoms with E-state index in [1.807, 2.05) is 6.92 Å². The summed E-state index contributed by atoms with van der Waals surface area (Å²) < 4.78 is 13.6. The average molecular weight is 197 g/mol. The van der Waals surface area contributed by atoms with Crippen LogP contribution in [0.5, 0.6) is 0 Å². The Labute approximate surface area is 83.7 Å². The molecule has 0 radical (unpaired) electrons. The maximum atomic E-state index is 13.6. The zero-order valence-electron chi connectivity index (χ0n) is 8.60. The largest absolute Gasteiger partial charge is 0.368 e. The molecule has 0 bridgehead atoms. The first-order chi connectivity index (χ1) is 6.79. The molecule has 0 atom stereocenters. The van der Waals surface area contributed by atoms with E-state index >= 15 is 0 Å². The van der Waals surface area contributed by atoms with Gasteiger partial charge in [0.2, 0.25) is 0 Å². The van der Waals surface area contributed by atoms with Gasteiger partial charge in [-0.1, -0.05) is 6.92 Å². The molecular formula is C10H16FN3. The number of halogens is 1. The highest BCUT2D eigenvalue weighted by Crippen LogP contribution is 2.14. The van der Waals surface area contributed by atoms with Crippen LogP contribution in [0.3, 0.4) is 0 Å². The molecule has 0 amide bonds. The third kappa shape index (κ3) is 2.67. The SMILES string of the molecule is CCCNc1nccc(CNC)c1F. The van der Waals surface area contributed by atoms with Crippen LogP contribution in [-0.4, -0.2) is 18.6 Å². The first-order valence-electron chi connectivity index (χ1n) is 4.81. The molecule has 0 aromatic carbocycles. The van der Waals surface area contributed by atoms with Crippen LogP contribution in [0.1, 0.15) is 18.9 Å². The number of rotatable bonds is 5. The number of nitrogens with one attached hydrogen (secondary N) is 2. The Morgan fingerprint density at radius 3 is 2.93 bits per heavy atom. The molecule has 0 fully saturated rings. The molecule has 1 rings (SSSR count). The predicted octanol–water partition coefficient (Wildman–Crippen LogP) is 1.76. The summed E-state index contributed by atoms with van der Waals surface area (Å²) in [4.78, 5) is 3.94. The zero-order chi connectivity index (χ0) is 10.4. The molecule has 0 aliphatic carbocycles. The van der Waals surface area contributed by atoms with Crippen LogP contribution in [0.4, 0.5) is 10.2 Å². The molecule has 0 unspecified atom stereocenters. The Bertz CT molecular complexity index is 289. The fourth-order valence-corrected chi connectivity index (χ4v) is 1.18. The third-order valence-electron chi connectivity index (χ3n) is 1.88. The second-order valence-corrected chi connectivity index (χ2v) is 3.09.